The van der Waals surface area contributed by atoms with E-state index in [4.69, 9.17) is 15.7 Å². The monoisotopic (exact) mass is 311 g/mol. The molecule has 1 fully saturated rings. The van der Waals surface area contributed by atoms with Crippen LogP contribution in [0.5, 0.6) is 0 Å². The Morgan fingerprint density at radius 3 is 2.76 bits per heavy atom. The highest BCUT2D eigenvalue weighted by atomic mass is 32.1. The average Bonchev–Trinajstić information content (AvgIpc) is 3.06. The third kappa shape index (κ3) is 2.89. The van der Waals surface area contributed by atoms with E-state index in [1.54, 1.807) is 23.3 Å². The van der Waals surface area contributed by atoms with Crippen LogP contribution in [0.3, 0.4) is 0 Å². The molecular weight excluding hydrogens is 290 g/mol. The molecule has 0 radical (unpaired) electrons. The Morgan fingerprint density at radius 2 is 2.24 bits per heavy atom. The standard InChI is InChI=1S/C14H21N3O3S/c1-10(11-4-3-9-21-11)17(2)13(18)14(12(15)16-19)5-7-20-8-6-14/h3-4,9-10,19H,5-8H2,1-2H3,(H2,15,16). The molecule has 21 heavy (non-hydrogen) atoms. The third-order valence-electron chi connectivity index (χ3n) is 4.21. The van der Waals surface area contributed by atoms with Gasteiger partial charge in [0, 0.05) is 25.1 Å². The summed E-state index contributed by atoms with van der Waals surface area (Å²) in [5.74, 6) is -0.150. The van der Waals surface area contributed by atoms with Crippen LogP contribution in [-0.4, -0.2) is 42.1 Å². The molecule has 3 N–H and O–H groups in total. The molecule has 6 nitrogen and oxygen atoms in total. The smallest absolute Gasteiger partial charge is 0.236 e. The first-order valence-corrected chi connectivity index (χ1v) is 7.77. The van der Waals surface area contributed by atoms with Gasteiger partial charge in [0.05, 0.1) is 6.04 Å². The normalized spacial score (nSPS) is 20.0. The van der Waals surface area contributed by atoms with Crippen LogP contribution < -0.4 is 5.73 Å². The van der Waals surface area contributed by atoms with Crippen molar-refractivity contribution in [2.24, 2.45) is 16.3 Å². The van der Waals surface area contributed by atoms with E-state index in [0.29, 0.717) is 26.1 Å². The molecule has 2 rings (SSSR count). The molecule has 0 bridgehead atoms. The second kappa shape index (κ2) is 6.44. The average molecular weight is 311 g/mol. The summed E-state index contributed by atoms with van der Waals surface area (Å²) < 4.78 is 5.32. The van der Waals surface area contributed by atoms with Gasteiger partial charge in [0.1, 0.15) is 5.41 Å². The predicted octanol–water partition coefficient (Wildman–Crippen LogP) is 1.81. The molecular formula is C14H21N3O3S. The molecule has 1 saturated heterocycles. The van der Waals surface area contributed by atoms with Crippen molar-refractivity contribution < 1.29 is 14.7 Å². The molecule has 0 saturated carbocycles. The second-order valence-electron chi connectivity index (χ2n) is 5.29. The van der Waals surface area contributed by atoms with Gasteiger partial charge in [0.25, 0.3) is 0 Å². The lowest BCUT2D eigenvalue weighted by Gasteiger charge is -2.39. The first-order valence-electron chi connectivity index (χ1n) is 6.89. The van der Waals surface area contributed by atoms with Crippen molar-refractivity contribution in [3.63, 3.8) is 0 Å². The molecule has 1 aromatic rings. The number of hydrogen-bond donors (Lipinski definition) is 2. The van der Waals surface area contributed by atoms with E-state index in [1.165, 1.54) is 0 Å². The molecule has 1 aromatic heterocycles. The van der Waals surface area contributed by atoms with Crippen LogP contribution in [0.4, 0.5) is 0 Å². The van der Waals surface area contributed by atoms with Crippen molar-refractivity contribution in [3.05, 3.63) is 22.4 Å². The molecule has 0 aliphatic carbocycles. The summed E-state index contributed by atoms with van der Waals surface area (Å²) in [7, 11) is 1.76. The van der Waals surface area contributed by atoms with Crippen LogP contribution in [0.1, 0.15) is 30.7 Å². The maximum absolute atomic E-state index is 13.0. The number of hydrogen-bond acceptors (Lipinski definition) is 5. The van der Waals surface area contributed by atoms with Crippen molar-refractivity contribution in [1.82, 2.24) is 4.90 Å². The van der Waals surface area contributed by atoms with Crippen molar-refractivity contribution >= 4 is 23.1 Å². The Bertz CT molecular complexity index is 510. The number of amides is 1. The van der Waals surface area contributed by atoms with Gasteiger partial charge in [0.15, 0.2) is 5.84 Å². The summed E-state index contributed by atoms with van der Waals surface area (Å²) in [6, 6.07) is 3.91. The van der Waals surface area contributed by atoms with E-state index in [1.807, 2.05) is 24.4 Å². The van der Waals surface area contributed by atoms with Gasteiger partial charge in [-0.15, -0.1) is 11.3 Å². The van der Waals surface area contributed by atoms with E-state index < -0.39 is 5.41 Å². The maximum Gasteiger partial charge on any atom is 0.236 e. The number of thiophene rings is 1. The van der Waals surface area contributed by atoms with E-state index in [9.17, 15) is 4.79 Å². The van der Waals surface area contributed by atoms with E-state index in [-0.39, 0.29) is 17.8 Å². The summed E-state index contributed by atoms with van der Waals surface area (Å²) in [6.45, 7) is 2.84. The summed E-state index contributed by atoms with van der Waals surface area (Å²) in [5.41, 5.74) is 4.87. The van der Waals surface area contributed by atoms with Gasteiger partial charge >= 0.3 is 0 Å². The number of carbonyl (C=O) groups excluding carboxylic acids is 1. The van der Waals surface area contributed by atoms with Gasteiger partial charge in [0.2, 0.25) is 5.91 Å². The first kappa shape index (κ1) is 15.8. The quantitative estimate of drug-likeness (QED) is 0.384. The first-order chi connectivity index (χ1) is 10.0. The largest absolute Gasteiger partial charge is 0.409 e. The zero-order chi connectivity index (χ0) is 15.5. The fourth-order valence-corrected chi connectivity index (χ4v) is 3.45. The summed E-state index contributed by atoms with van der Waals surface area (Å²) in [6.07, 6.45) is 0.868. The third-order valence-corrected chi connectivity index (χ3v) is 5.25. The zero-order valence-corrected chi connectivity index (χ0v) is 13.1. The van der Waals surface area contributed by atoms with Crippen molar-refractivity contribution in [2.45, 2.75) is 25.8 Å². The number of amidine groups is 1. The lowest BCUT2D eigenvalue weighted by molar-refractivity contribution is -0.143. The number of ether oxygens (including phenoxy) is 1. The van der Waals surface area contributed by atoms with Crippen LogP contribution in [0.25, 0.3) is 0 Å². The molecule has 1 atom stereocenters. The topological polar surface area (TPSA) is 88.2 Å². The van der Waals surface area contributed by atoms with Gasteiger partial charge in [-0.2, -0.15) is 0 Å². The highest BCUT2D eigenvalue weighted by Crippen LogP contribution is 2.35. The lowest BCUT2D eigenvalue weighted by Crippen LogP contribution is -2.53. The Morgan fingerprint density at radius 1 is 1.57 bits per heavy atom. The molecule has 0 spiro atoms. The van der Waals surface area contributed by atoms with Crippen LogP contribution in [0.2, 0.25) is 0 Å². The number of nitrogens with two attached hydrogens (primary N) is 1. The minimum absolute atomic E-state index is 0.0268. The van der Waals surface area contributed by atoms with Crippen LogP contribution in [0.15, 0.2) is 22.7 Å². The van der Waals surface area contributed by atoms with Crippen LogP contribution in [-0.2, 0) is 9.53 Å². The fraction of sp³-hybridized carbons (Fsp3) is 0.571. The highest BCUT2D eigenvalue weighted by Gasteiger charge is 2.46. The number of oxime groups is 1. The molecule has 1 aliphatic heterocycles. The summed E-state index contributed by atoms with van der Waals surface area (Å²) in [4.78, 5) is 15.7. The molecule has 1 unspecified atom stereocenters. The van der Waals surface area contributed by atoms with Crippen molar-refractivity contribution in [2.75, 3.05) is 20.3 Å². The Hall–Kier alpha value is -1.60. The second-order valence-corrected chi connectivity index (χ2v) is 6.27. The van der Waals surface area contributed by atoms with Gasteiger partial charge in [-0.1, -0.05) is 11.2 Å². The minimum atomic E-state index is -0.965. The maximum atomic E-state index is 13.0. The number of nitrogens with zero attached hydrogens (tertiary/aromatic N) is 2. The fourth-order valence-electron chi connectivity index (χ4n) is 2.63. The minimum Gasteiger partial charge on any atom is -0.409 e. The van der Waals surface area contributed by atoms with Gasteiger partial charge in [-0.05, 0) is 31.2 Å². The molecule has 116 valence electrons. The van der Waals surface area contributed by atoms with Crippen LogP contribution in [0, 0.1) is 5.41 Å². The van der Waals surface area contributed by atoms with E-state index in [0.717, 1.165) is 4.88 Å². The van der Waals surface area contributed by atoms with E-state index in [2.05, 4.69) is 5.16 Å². The highest BCUT2D eigenvalue weighted by molar-refractivity contribution is 7.10. The molecule has 1 amide bonds. The lowest BCUT2D eigenvalue weighted by atomic mass is 9.77. The van der Waals surface area contributed by atoms with Gasteiger partial charge in [-0.3, -0.25) is 4.79 Å². The number of rotatable bonds is 4. The van der Waals surface area contributed by atoms with Crippen LogP contribution >= 0.6 is 11.3 Å². The predicted molar refractivity (Wildman–Crippen MR) is 81.4 cm³/mol. The van der Waals surface area contributed by atoms with Crippen molar-refractivity contribution in [3.8, 4) is 0 Å². The van der Waals surface area contributed by atoms with Gasteiger partial charge < -0.3 is 20.6 Å². The Kier molecular flexibility index (Phi) is 4.84. The summed E-state index contributed by atoms with van der Waals surface area (Å²) in [5, 5.41) is 14.1. The molecule has 1 aliphatic rings. The number of carbonyl (C=O) groups is 1. The van der Waals surface area contributed by atoms with Crippen molar-refractivity contribution in [1.29, 1.82) is 0 Å². The Balaban J connectivity index is 2.26. The molecule has 2 heterocycles. The molecule has 7 heteroatoms. The van der Waals surface area contributed by atoms with Gasteiger partial charge in [-0.25, -0.2) is 0 Å². The van der Waals surface area contributed by atoms with E-state index >= 15 is 0 Å². The zero-order valence-electron chi connectivity index (χ0n) is 12.3. The molecule has 0 aromatic carbocycles. The summed E-state index contributed by atoms with van der Waals surface area (Å²) >= 11 is 1.61. The SMILES string of the molecule is CC(c1cccs1)N(C)C(=O)C1(C(N)=NO)CCOCC1. The Labute approximate surface area is 128 Å².